The number of hydrogen-bond donors (Lipinski definition) is 1. The zero-order chi connectivity index (χ0) is 9.15. The Balaban J connectivity index is 1.81. The molecular weight excluding hydrogens is 162 g/mol. The van der Waals surface area contributed by atoms with Gasteiger partial charge >= 0.3 is 0 Å². The highest BCUT2D eigenvalue weighted by atomic mass is 16.5. The molecule has 76 valence electrons. The minimum atomic E-state index is 0.294. The summed E-state index contributed by atoms with van der Waals surface area (Å²) in [5, 5.41) is 3.37. The standard InChI is InChI=1S/C11H21NO/c1-2-11(6-3-7-11)13-10-4-8-12-9-5-10/h10,12H,2-9H2,1H3. The fourth-order valence-electron chi connectivity index (χ4n) is 2.39. The lowest BCUT2D eigenvalue weighted by atomic mass is 9.77. The summed E-state index contributed by atoms with van der Waals surface area (Å²) in [6.45, 7) is 4.55. The van der Waals surface area contributed by atoms with Crippen molar-refractivity contribution in [3.63, 3.8) is 0 Å². The van der Waals surface area contributed by atoms with Crippen molar-refractivity contribution in [2.45, 2.75) is 57.2 Å². The summed E-state index contributed by atoms with van der Waals surface area (Å²) in [6, 6.07) is 0. The molecule has 1 aliphatic heterocycles. The quantitative estimate of drug-likeness (QED) is 0.723. The maximum atomic E-state index is 6.22. The summed E-state index contributed by atoms with van der Waals surface area (Å²) in [5.74, 6) is 0. The van der Waals surface area contributed by atoms with E-state index in [1.807, 2.05) is 0 Å². The van der Waals surface area contributed by atoms with E-state index in [-0.39, 0.29) is 0 Å². The minimum absolute atomic E-state index is 0.294. The Morgan fingerprint density at radius 3 is 2.46 bits per heavy atom. The van der Waals surface area contributed by atoms with E-state index >= 15 is 0 Å². The Kier molecular flexibility index (Phi) is 2.89. The Morgan fingerprint density at radius 2 is 2.00 bits per heavy atom. The molecule has 0 amide bonds. The van der Waals surface area contributed by atoms with E-state index in [9.17, 15) is 0 Å². The zero-order valence-corrected chi connectivity index (χ0v) is 8.64. The average molecular weight is 183 g/mol. The van der Waals surface area contributed by atoms with Gasteiger partial charge in [-0.25, -0.2) is 0 Å². The monoisotopic (exact) mass is 183 g/mol. The summed E-state index contributed by atoms with van der Waals surface area (Å²) in [5.41, 5.74) is 0.294. The van der Waals surface area contributed by atoms with Gasteiger partial charge < -0.3 is 10.1 Å². The topological polar surface area (TPSA) is 21.3 Å². The Morgan fingerprint density at radius 1 is 1.31 bits per heavy atom. The molecule has 2 aliphatic rings. The molecule has 0 aromatic carbocycles. The first-order valence-corrected chi connectivity index (χ1v) is 5.73. The van der Waals surface area contributed by atoms with Gasteiger partial charge in [-0.1, -0.05) is 6.92 Å². The lowest BCUT2D eigenvalue weighted by molar-refractivity contribution is -0.147. The largest absolute Gasteiger partial charge is 0.372 e. The molecule has 0 bridgehead atoms. The van der Waals surface area contributed by atoms with Gasteiger partial charge in [-0.3, -0.25) is 0 Å². The molecule has 0 atom stereocenters. The van der Waals surface area contributed by atoms with Gasteiger partial charge in [0.15, 0.2) is 0 Å². The van der Waals surface area contributed by atoms with Gasteiger partial charge in [0.2, 0.25) is 0 Å². The van der Waals surface area contributed by atoms with Crippen LogP contribution in [0.4, 0.5) is 0 Å². The minimum Gasteiger partial charge on any atom is -0.372 e. The number of ether oxygens (including phenoxy) is 1. The van der Waals surface area contributed by atoms with Gasteiger partial charge in [0, 0.05) is 0 Å². The van der Waals surface area contributed by atoms with E-state index in [0.29, 0.717) is 11.7 Å². The normalized spacial score (nSPS) is 28.4. The first kappa shape index (κ1) is 9.47. The molecule has 1 heterocycles. The summed E-state index contributed by atoms with van der Waals surface area (Å²) in [4.78, 5) is 0. The smallest absolute Gasteiger partial charge is 0.0683 e. The van der Waals surface area contributed by atoms with Crippen molar-refractivity contribution in [2.75, 3.05) is 13.1 Å². The molecule has 0 aromatic heterocycles. The molecule has 2 fully saturated rings. The van der Waals surface area contributed by atoms with Crippen LogP contribution >= 0.6 is 0 Å². The van der Waals surface area contributed by atoms with E-state index < -0.39 is 0 Å². The van der Waals surface area contributed by atoms with E-state index in [1.165, 1.54) is 38.5 Å². The Bertz CT molecular complexity index is 154. The maximum absolute atomic E-state index is 6.22. The molecule has 0 spiro atoms. The zero-order valence-electron chi connectivity index (χ0n) is 8.64. The van der Waals surface area contributed by atoms with Crippen LogP contribution in [0, 0.1) is 0 Å². The van der Waals surface area contributed by atoms with E-state index in [4.69, 9.17) is 4.74 Å². The molecule has 1 aliphatic carbocycles. The number of hydrogen-bond acceptors (Lipinski definition) is 2. The van der Waals surface area contributed by atoms with Gasteiger partial charge in [-0.2, -0.15) is 0 Å². The van der Waals surface area contributed by atoms with Crippen molar-refractivity contribution in [3.8, 4) is 0 Å². The van der Waals surface area contributed by atoms with Crippen LogP contribution in [0.2, 0.25) is 0 Å². The van der Waals surface area contributed by atoms with Crippen LogP contribution in [0.15, 0.2) is 0 Å². The van der Waals surface area contributed by atoms with Crippen LogP contribution < -0.4 is 5.32 Å². The summed E-state index contributed by atoms with van der Waals surface area (Å²) in [6.07, 6.45) is 8.14. The number of nitrogens with one attached hydrogen (secondary N) is 1. The second-order valence-electron chi connectivity index (χ2n) is 4.46. The number of piperidine rings is 1. The third-order valence-corrected chi connectivity index (χ3v) is 3.61. The molecule has 2 heteroatoms. The van der Waals surface area contributed by atoms with Crippen molar-refractivity contribution in [1.29, 1.82) is 0 Å². The highest BCUT2D eigenvalue weighted by Crippen LogP contribution is 2.40. The van der Waals surface area contributed by atoms with Crippen LogP contribution in [0.25, 0.3) is 0 Å². The summed E-state index contributed by atoms with van der Waals surface area (Å²) < 4.78 is 6.22. The van der Waals surface area contributed by atoms with E-state index in [0.717, 1.165) is 13.1 Å². The maximum Gasteiger partial charge on any atom is 0.0683 e. The SMILES string of the molecule is CCC1(OC2CCNCC2)CCC1. The Labute approximate surface area is 81.0 Å². The third kappa shape index (κ3) is 2.05. The fourth-order valence-corrected chi connectivity index (χ4v) is 2.39. The molecule has 2 nitrogen and oxygen atoms in total. The molecule has 0 aromatic rings. The molecule has 13 heavy (non-hydrogen) atoms. The highest BCUT2D eigenvalue weighted by Gasteiger charge is 2.38. The van der Waals surface area contributed by atoms with Crippen molar-refractivity contribution >= 4 is 0 Å². The van der Waals surface area contributed by atoms with Gasteiger partial charge in [-0.15, -0.1) is 0 Å². The molecule has 1 saturated heterocycles. The number of rotatable bonds is 3. The highest BCUT2D eigenvalue weighted by molar-refractivity contribution is 4.90. The third-order valence-electron chi connectivity index (χ3n) is 3.61. The molecule has 2 rings (SSSR count). The predicted molar refractivity (Wildman–Crippen MR) is 53.8 cm³/mol. The van der Waals surface area contributed by atoms with E-state index in [2.05, 4.69) is 12.2 Å². The van der Waals surface area contributed by atoms with Crippen LogP contribution in [-0.4, -0.2) is 24.8 Å². The second-order valence-corrected chi connectivity index (χ2v) is 4.46. The van der Waals surface area contributed by atoms with Crippen LogP contribution in [-0.2, 0) is 4.74 Å². The average Bonchev–Trinajstić information content (AvgIpc) is 2.13. The van der Waals surface area contributed by atoms with Gasteiger partial charge in [0.1, 0.15) is 0 Å². The molecular formula is C11H21NO. The molecule has 1 N–H and O–H groups in total. The summed E-state index contributed by atoms with van der Waals surface area (Å²) in [7, 11) is 0. The van der Waals surface area contributed by atoms with Crippen LogP contribution in [0.5, 0.6) is 0 Å². The van der Waals surface area contributed by atoms with Crippen molar-refractivity contribution in [3.05, 3.63) is 0 Å². The molecule has 0 radical (unpaired) electrons. The molecule has 0 unspecified atom stereocenters. The first-order chi connectivity index (χ1) is 6.35. The lowest BCUT2D eigenvalue weighted by Gasteiger charge is -2.44. The second kappa shape index (κ2) is 3.97. The fraction of sp³-hybridized carbons (Fsp3) is 1.00. The van der Waals surface area contributed by atoms with Gasteiger partial charge in [0.25, 0.3) is 0 Å². The summed E-state index contributed by atoms with van der Waals surface area (Å²) >= 11 is 0. The first-order valence-electron chi connectivity index (χ1n) is 5.73. The lowest BCUT2D eigenvalue weighted by Crippen LogP contribution is -2.45. The van der Waals surface area contributed by atoms with Crippen molar-refractivity contribution < 1.29 is 4.74 Å². The van der Waals surface area contributed by atoms with Crippen LogP contribution in [0.3, 0.4) is 0 Å². The van der Waals surface area contributed by atoms with Crippen LogP contribution in [0.1, 0.15) is 45.4 Å². The van der Waals surface area contributed by atoms with Gasteiger partial charge in [-0.05, 0) is 51.6 Å². The molecule has 1 saturated carbocycles. The predicted octanol–water partition coefficient (Wildman–Crippen LogP) is 2.09. The van der Waals surface area contributed by atoms with Crippen molar-refractivity contribution in [1.82, 2.24) is 5.32 Å². The van der Waals surface area contributed by atoms with Crippen molar-refractivity contribution in [2.24, 2.45) is 0 Å². The Hall–Kier alpha value is -0.0800. The van der Waals surface area contributed by atoms with Gasteiger partial charge in [0.05, 0.1) is 11.7 Å². The van der Waals surface area contributed by atoms with E-state index in [1.54, 1.807) is 0 Å².